The van der Waals surface area contributed by atoms with Crippen LogP contribution in [-0.2, 0) is 9.59 Å². The minimum Gasteiger partial charge on any atom is -0.352 e. The summed E-state index contributed by atoms with van der Waals surface area (Å²) in [4.78, 5) is 25.8. The van der Waals surface area contributed by atoms with E-state index < -0.39 is 6.04 Å². The van der Waals surface area contributed by atoms with Crippen molar-refractivity contribution in [2.45, 2.75) is 59.5 Å². The summed E-state index contributed by atoms with van der Waals surface area (Å²) in [7, 11) is 0. The molecular formula is C15H30ClN3O2. The Hall–Kier alpha value is -0.810. The maximum Gasteiger partial charge on any atom is 0.237 e. The van der Waals surface area contributed by atoms with Crippen molar-refractivity contribution in [1.29, 1.82) is 0 Å². The lowest BCUT2D eigenvalue weighted by molar-refractivity contribution is -0.135. The molecule has 21 heavy (non-hydrogen) atoms. The Balaban J connectivity index is 0.00000400. The monoisotopic (exact) mass is 319 g/mol. The molecule has 0 aliphatic carbocycles. The molecule has 1 aliphatic rings. The highest BCUT2D eigenvalue weighted by Gasteiger charge is 2.30. The Morgan fingerprint density at radius 1 is 1.19 bits per heavy atom. The highest BCUT2D eigenvalue weighted by molar-refractivity contribution is 5.85. The van der Waals surface area contributed by atoms with Gasteiger partial charge in [-0.1, -0.05) is 34.6 Å². The summed E-state index contributed by atoms with van der Waals surface area (Å²) < 4.78 is 0. The van der Waals surface area contributed by atoms with Crippen molar-refractivity contribution in [3.63, 3.8) is 0 Å². The van der Waals surface area contributed by atoms with Crippen molar-refractivity contribution < 1.29 is 9.59 Å². The van der Waals surface area contributed by atoms with Gasteiger partial charge in [0, 0.05) is 25.0 Å². The molecule has 1 saturated heterocycles. The van der Waals surface area contributed by atoms with Gasteiger partial charge in [-0.05, 0) is 18.3 Å². The van der Waals surface area contributed by atoms with Gasteiger partial charge in [-0.3, -0.25) is 9.59 Å². The van der Waals surface area contributed by atoms with Gasteiger partial charge in [0.1, 0.15) is 0 Å². The predicted octanol–water partition coefficient (Wildman–Crippen LogP) is 1.54. The van der Waals surface area contributed by atoms with Gasteiger partial charge < -0.3 is 16.0 Å². The van der Waals surface area contributed by atoms with E-state index in [0.717, 1.165) is 12.8 Å². The van der Waals surface area contributed by atoms with E-state index in [2.05, 4.69) is 5.32 Å². The number of carbonyl (C=O) groups excluding carboxylic acids is 2. The Kier molecular flexibility index (Phi) is 7.68. The maximum absolute atomic E-state index is 12.1. The second-order valence-corrected chi connectivity index (χ2v) is 7.11. The summed E-state index contributed by atoms with van der Waals surface area (Å²) >= 11 is 0. The summed E-state index contributed by atoms with van der Waals surface area (Å²) in [6, 6.07) is -0.370. The third-order valence-corrected chi connectivity index (χ3v) is 3.86. The standard InChI is InChI=1S/C15H29N3O2.ClH/c1-10(2)14(20)18-8-6-11(7-9-18)17-13(19)12(16)15(3,4)5;/h10-12H,6-9,16H2,1-5H3,(H,17,19);1H/t12-;/m1./s1. The summed E-state index contributed by atoms with van der Waals surface area (Å²) in [5.74, 6) is 0.141. The lowest BCUT2D eigenvalue weighted by atomic mass is 9.86. The minimum absolute atomic E-state index is 0. The number of halogens is 1. The van der Waals surface area contributed by atoms with E-state index in [4.69, 9.17) is 5.73 Å². The Morgan fingerprint density at radius 3 is 2.05 bits per heavy atom. The fourth-order valence-electron chi connectivity index (χ4n) is 2.29. The number of hydrogen-bond acceptors (Lipinski definition) is 3. The third kappa shape index (κ3) is 5.83. The highest BCUT2D eigenvalue weighted by atomic mass is 35.5. The normalized spacial score (nSPS) is 18.1. The van der Waals surface area contributed by atoms with Crippen LogP contribution in [0.15, 0.2) is 0 Å². The molecule has 1 heterocycles. The first-order valence-electron chi connectivity index (χ1n) is 7.47. The van der Waals surface area contributed by atoms with E-state index in [1.807, 2.05) is 39.5 Å². The van der Waals surface area contributed by atoms with Gasteiger partial charge in [0.15, 0.2) is 0 Å². The van der Waals surface area contributed by atoms with Gasteiger partial charge >= 0.3 is 0 Å². The zero-order valence-electron chi connectivity index (χ0n) is 13.8. The molecule has 1 atom stereocenters. The van der Waals surface area contributed by atoms with Crippen LogP contribution in [0.5, 0.6) is 0 Å². The largest absolute Gasteiger partial charge is 0.352 e. The van der Waals surface area contributed by atoms with Crippen LogP contribution in [0.2, 0.25) is 0 Å². The lowest BCUT2D eigenvalue weighted by Crippen LogP contribution is -2.54. The summed E-state index contributed by atoms with van der Waals surface area (Å²) in [5, 5.41) is 3.01. The first-order valence-corrected chi connectivity index (χ1v) is 7.47. The number of amides is 2. The molecule has 2 amide bonds. The molecule has 0 aromatic carbocycles. The van der Waals surface area contributed by atoms with Gasteiger partial charge in [0.05, 0.1) is 6.04 Å². The number of piperidine rings is 1. The van der Waals surface area contributed by atoms with Crippen molar-refractivity contribution in [2.75, 3.05) is 13.1 Å². The Morgan fingerprint density at radius 2 is 1.67 bits per heavy atom. The number of hydrogen-bond donors (Lipinski definition) is 2. The quantitative estimate of drug-likeness (QED) is 0.828. The fourth-order valence-corrected chi connectivity index (χ4v) is 2.29. The Bertz CT molecular complexity index is 358. The van der Waals surface area contributed by atoms with Crippen molar-refractivity contribution in [1.82, 2.24) is 10.2 Å². The zero-order valence-corrected chi connectivity index (χ0v) is 14.6. The van der Waals surface area contributed by atoms with Crippen LogP contribution in [-0.4, -0.2) is 41.9 Å². The summed E-state index contributed by atoms with van der Waals surface area (Å²) in [6.45, 7) is 11.1. The molecule has 5 nitrogen and oxygen atoms in total. The molecule has 0 unspecified atom stereocenters. The van der Waals surface area contributed by atoms with Gasteiger partial charge in [-0.2, -0.15) is 0 Å². The molecule has 1 fully saturated rings. The van der Waals surface area contributed by atoms with E-state index in [1.54, 1.807) is 0 Å². The number of likely N-dealkylation sites (tertiary alicyclic amines) is 1. The molecule has 124 valence electrons. The van der Waals surface area contributed by atoms with Crippen LogP contribution in [0.1, 0.15) is 47.5 Å². The number of rotatable bonds is 3. The molecule has 0 aromatic rings. The molecule has 0 aromatic heterocycles. The Labute approximate surface area is 134 Å². The molecule has 1 rings (SSSR count). The molecule has 6 heteroatoms. The van der Waals surface area contributed by atoms with Crippen LogP contribution in [0, 0.1) is 11.3 Å². The van der Waals surface area contributed by atoms with Crippen molar-refractivity contribution in [3.05, 3.63) is 0 Å². The van der Waals surface area contributed by atoms with Crippen molar-refractivity contribution in [2.24, 2.45) is 17.1 Å². The highest BCUT2D eigenvalue weighted by Crippen LogP contribution is 2.18. The van der Waals surface area contributed by atoms with Crippen LogP contribution in [0.3, 0.4) is 0 Å². The van der Waals surface area contributed by atoms with Crippen LogP contribution >= 0.6 is 12.4 Å². The van der Waals surface area contributed by atoms with Crippen LogP contribution in [0.25, 0.3) is 0 Å². The van der Waals surface area contributed by atoms with Crippen molar-refractivity contribution >= 4 is 24.2 Å². The first kappa shape index (κ1) is 20.2. The average Bonchev–Trinajstić information content (AvgIpc) is 2.36. The van der Waals surface area contributed by atoms with Gasteiger partial charge in [0.2, 0.25) is 11.8 Å². The number of nitrogens with two attached hydrogens (primary N) is 1. The fraction of sp³-hybridized carbons (Fsp3) is 0.867. The molecule has 0 saturated carbocycles. The molecule has 3 N–H and O–H groups in total. The topological polar surface area (TPSA) is 75.4 Å². The average molecular weight is 320 g/mol. The zero-order chi connectivity index (χ0) is 15.5. The molecular weight excluding hydrogens is 290 g/mol. The molecule has 0 radical (unpaired) electrons. The first-order chi connectivity index (χ1) is 9.12. The van der Waals surface area contributed by atoms with E-state index >= 15 is 0 Å². The third-order valence-electron chi connectivity index (χ3n) is 3.86. The lowest BCUT2D eigenvalue weighted by Gasteiger charge is -2.35. The van der Waals surface area contributed by atoms with Crippen LogP contribution in [0.4, 0.5) is 0 Å². The van der Waals surface area contributed by atoms with Gasteiger partial charge in [0.25, 0.3) is 0 Å². The summed E-state index contributed by atoms with van der Waals surface area (Å²) in [6.07, 6.45) is 1.61. The predicted molar refractivity (Wildman–Crippen MR) is 87.3 cm³/mol. The van der Waals surface area contributed by atoms with E-state index in [1.165, 1.54) is 0 Å². The SMILES string of the molecule is CC(C)C(=O)N1CCC(NC(=O)[C@@H](N)C(C)(C)C)CC1.Cl. The smallest absolute Gasteiger partial charge is 0.237 e. The van der Waals surface area contributed by atoms with E-state index in [9.17, 15) is 9.59 Å². The minimum atomic E-state index is -0.502. The number of carbonyl (C=O) groups is 2. The van der Waals surface area contributed by atoms with Crippen LogP contribution < -0.4 is 11.1 Å². The van der Waals surface area contributed by atoms with Gasteiger partial charge in [-0.25, -0.2) is 0 Å². The molecule has 1 aliphatic heterocycles. The van der Waals surface area contributed by atoms with E-state index in [-0.39, 0.29) is 41.6 Å². The molecule has 0 spiro atoms. The number of nitrogens with zero attached hydrogens (tertiary/aromatic N) is 1. The van der Waals surface area contributed by atoms with E-state index in [0.29, 0.717) is 13.1 Å². The maximum atomic E-state index is 12.1. The second kappa shape index (κ2) is 7.99. The summed E-state index contributed by atoms with van der Waals surface area (Å²) in [5.41, 5.74) is 5.71. The second-order valence-electron chi connectivity index (χ2n) is 7.11. The van der Waals surface area contributed by atoms with Crippen molar-refractivity contribution in [3.8, 4) is 0 Å². The molecule has 0 bridgehead atoms. The van der Waals surface area contributed by atoms with Gasteiger partial charge in [-0.15, -0.1) is 12.4 Å². The number of nitrogens with one attached hydrogen (secondary N) is 1.